The average molecular weight is 374 g/mol. The first-order chi connectivity index (χ1) is 7.99. The number of thioether (sulfide) groups is 1. The van der Waals surface area contributed by atoms with E-state index in [1.807, 2.05) is 20.1 Å². The van der Waals surface area contributed by atoms with Gasteiger partial charge in [0.05, 0.1) is 4.75 Å². The highest BCUT2D eigenvalue weighted by Crippen LogP contribution is 2.40. The van der Waals surface area contributed by atoms with E-state index in [4.69, 9.17) is 46.4 Å². The number of hydrogen-bond acceptors (Lipinski definition) is 5. The van der Waals surface area contributed by atoms with Gasteiger partial charge in [0.1, 0.15) is 0 Å². The summed E-state index contributed by atoms with van der Waals surface area (Å²) in [4.78, 5) is 16.1. The van der Waals surface area contributed by atoms with E-state index >= 15 is 0 Å². The van der Waals surface area contributed by atoms with E-state index in [9.17, 15) is 4.79 Å². The molecule has 4 nitrogen and oxygen atoms in total. The van der Waals surface area contributed by atoms with Crippen LogP contribution in [-0.2, 0) is 4.84 Å². The lowest BCUT2D eigenvalue weighted by molar-refractivity contribution is 0.137. The van der Waals surface area contributed by atoms with Gasteiger partial charge in [-0.1, -0.05) is 51.6 Å². The van der Waals surface area contributed by atoms with Crippen molar-refractivity contribution in [3.05, 3.63) is 0 Å². The van der Waals surface area contributed by atoms with Gasteiger partial charge in [0.2, 0.25) is 0 Å². The Balaban J connectivity index is 4.47. The van der Waals surface area contributed by atoms with Gasteiger partial charge in [-0.05, 0) is 20.1 Å². The Hall–Kier alpha value is 0.800. The smallest absolute Gasteiger partial charge is 0.296 e. The van der Waals surface area contributed by atoms with Gasteiger partial charge in [-0.3, -0.25) is 4.84 Å². The van der Waals surface area contributed by atoms with E-state index < -0.39 is 14.0 Å². The number of amides is 1. The minimum Gasteiger partial charge on any atom is -0.296 e. The summed E-state index contributed by atoms with van der Waals surface area (Å²) in [5.74, 6) is 0. The Morgan fingerprint density at radius 1 is 1.33 bits per heavy atom. The van der Waals surface area contributed by atoms with Crippen molar-refractivity contribution in [2.45, 2.75) is 21.7 Å². The molecule has 0 saturated carbocycles. The second kappa shape index (κ2) is 7.55. The highest BCUT2D eigenvalue weighted by Gasteiger charge is 2.28. The van der Waals surface area contributed by atoms with Crippen molar-refractivity contribution < 1.29 is 9.63 Å². The van der Waals surface area contributed by atoms with E-state index in [-0.39, 0.29) is 5.17 Å². The van der Waals surface area contributed by atoms with Gasteiger partial charge in [-0.25, -0.2) is 9.10 Å². The molecule has 0 spiro atoms. The van der Waals surface area contributed by atoms with Gasteiger partial charge in [0.15, 0.2) is 5.17 Å². The molecule has 0 atom stereocenters. The van der Waals surface area contributed by atoms with Crippen LogP contribution in [0.5, 0.6) is 0 Å². The van der Waals surface area contributed by atoms with Crippen molar-refractivity contribution >= 4 is 81.4 Å². The maximum Gasteiger partial charge on any atom is 0.445 e. The molecule has 0 aromatic rings. The fraction of sp³-hybridized carbons (Fsp3) is 0.750. The Labute approximate surface area is 135 Å². The monoisotopic (exact) mass is 372 g/mol. The fourth-order valence-electron chi connectivity index (χ4n) is 0.523. The third-order valence-corrected chi connectivity index (χ3v) is 4.83. The Morgan fingerprint density at radius 2 is 1.83 bits per heavy atom. The fourth-order valence-corrected chi connectivity index (χ4v) is 2.34. The summed E-state index contributed by atoms with van der Waals surface area (Å²) in [7, 11) is 1.39. The number of alkyl halides is 3. The zero-order valence-electron chi connectivity index (χ0n) is 10.0. The van der Waals surface area contributed by atoms with Crippen molar-refractivity contribution in [3.8, 4) is 0 Å². The van der Waals surface area contributed by atoms with E-state index in [2.05, 4.69) is 9.99 Å². The second-order valence-corrected chi connectivity index (χ2v) is 9.57. The molecule has 0 aromatic carbocycles. The van der Waals surface area contributed by atoms with Crippen LogP contribution in [0, 0.1) is 0 Å². The molecule has 1 amide bonds. The summed E-state index contributed by atoms with van der Waals surface area (Å²) in [5, 5.41) is 3.71. The molecular weight excluding hydrogens is 362 g/mol. The SMILES string of the molecule is CSC(C)(C)C(Cl)=NOC(=O)N(C)SC(Cl)(Cl)Cl. The van der Waals surface area contributed by atoms with Gasteiger partial charge >= 0.3 is 6.09 Å². The van der Waals surface area contributed by atoms with Crippen LogP contribution in [0.3, 0.4) is 0 Å². The summed E-state index contributed by atoms with van der Waals surface area (Å²) < 4.78 is -1.09. The molecule has 0 aliphatic heterocycles. The predicted molar refractivity (Wildman–Crippen MR) is 83.0 cm³/mol. The number of halogens is 4. The number of nitrogens with zero attached hydrogens (tertiary/aromatic N) is 2. The molecule has 106 valence electrons. The van der Waals surface area contributed by atoms with Gasteiger partial charge in [-0.15, -0.1) is 0 Å². The van der Waals surface area contributed by atoms with Crippen molar-refractivity contribution in [1.29, 1.82) is 0 Å². The predicted octanol–water partition coefficient (Wildman–Crippen LogP) is 4.72. The molecule has 0 unspecified atom stereocenters. The zero-order chi connectivity index (χ0) is 14.6. The van der Waals surface area contributed by atoms with Crippen LogP contribution in [-0.4, -0.2) is 36.7 Å². The first-order valence-electron chi connectivity index (χ1n) is 4.49. The molecule has 0 aliphatic carbocycles. The highest BCUT2D eigenvalue weighted by atomic mass is 35.6. The maximum absolute atomic E-state index is 11.5. The van der Waals surface area contributed by atoms with Crippen LogP contribution in [0.4, 0.5) is 4.79 Å². The highest BCUT2D eigenvalue weighted by molar-refractivity contribution is 8.03. The minimum atomic E-state index is -1.65. The van der Waals surface area contributed by atoms with Gasteiger partial charge in [0.25, 0.3) is 3.12 Å². The van der Waals surface area contributed by atoms with Crippen molar-refractivity contribution in [1.82, 2.24) is 4.31 Å². The molecule has 10 heteroatoms. The third-order valence-electron chi connectivity index (χ3n) is 1.71. The quantitative estimate of drug-likeness (QED) is 0.235. The normalized spacial score (nSPS) is 13.4. The van der Waals surface area contributed by atoms with Crippen LogP contribution in [0.25, 0.3) is 0 Å². The largest absolute Gasteiger partial charge is 0.445 e. The molecule has 0 heterocycles. The van der Waals surface area contributed by atoms with Crippen molar-refractivity contribution in [2.24, 2.45) is 5.16 Å². The summed E-state index contributed by atoms with van der Waals surface area (Å²) in [6.07, 6.45) is 1.08. The maximum atomic E-state index is 11.5. The lowest BCUT2D eigenvalue weighted by atomic mass is 10.2. The minimum absolute atomic E-state index is 0.163. The van der Waals surface area contributed by atoms with Gasteiger partial charge < -0.3 is 0 Å². The van der Waals surface area contributed by atoms with Gasteiger partial charge in [-0.2, -0.15) is 11.8 Å². The number of hydrogen-bond donors (Lipinski definition) is 0. The molecule has 0 bridgehead atoms. The number of carbonyl (C=O) groups is 1. The van der Waals surface area contributed by atoms with Crippen LogP contribution in [0.15, 0.2) is 5.16 Å². The Kier molecular flexibility index (Phi) is 7.88. The Morgan fingerprint density at radius 3 is 2.22 bits per heavy atom. The lowest BCUT2D eigenvalue weighted by Crippen LogP contribution is -2.26. The van der Waals surface area contributed by atoms with Crippen LogP contribution >= 0.6 is 70.1 Å². The lowest BCUT2D eigenvalue weighted by Gasteiger charge is -2.20. The molecule has 0 fully saturated rings. The zero-order valence-corrected chi connectivity index (χ0v) is 14.7. The van der Waals surface area contributed by atoms with E-state index in [0.29, 0.717) is 11.9 Å². The summed E-state index contributed by atoms with van der Waals surface area (Å²) in [6.45, 7) is 3.69. The molecule has 0 aliphatic rings. The molecule has 0 N–H and O–H groups in total. The standard InChI is InChI=1S/C8H12Cl4N2O2S2/c1-7(2,17-4)5(9)13-16-6(15)14(3)18-8(10,11)12/h1-4H3. The van der Waals surface area contributed by atoms with E-state index in [0.717, 1.165) is 4.31 Å². The molecule has 0 aromatic heterocycles. The number of carbonyl (C=O) groups excluding carboxylic acids is 1. The van der Waals surface area contributed by atoms with E-state index in [1.165, 1.54) is 18.8 Å². The van der Waals surface area contributed by atoms with E-state index in [1.54, 1.807) is 0 Å². The van der Waals surface area contributed by atoms with Crippen LogP contribution in [0.2, 0.25) is 0 Å². The van der Waals surface area contributed by atoms with Crippen molar-refractivity contribution in [2.75, 3.05) is 13.3 Å². The topological polar surface area (TPSA) is 41.9 Å². The molecule has 18 heavy (non-hydrogen) atoms. The summed E-state index contributed by atoms with van der Waals surface area (Å²) >= 11 is 24.6. The van der Waals surface area contributed by atoms with Crippen LogP contribution in [0.1, 0.15) is 13.8 Å². The first-order valence-corrected chi connectivity index (χ1v) is 8.00. The second-order valence-electron chi connectivity index (χ2n) is 3.49. The van der Waals surface area contributed by atoms with Crippen LogP contribution < -0.4 is 0 Å². The number of oxime groups is 1. The first kappa shape index (κ1) is 18.8. The molecule has 0 radical (unpaired) electrons. The summed E-state index contributed by atoms with van der Waals surface area (Å²) in [5.41, 5.74) is 0. The summed E-state index contributed by atoms with van der Waals surface area (Å²) in [6, 6.07) is 0. The molecule has 0 saturated heterocycles. The number of rotatable bonds is 4. The average Bonchev–Trinajstić information content (AvgIpc) is 2.22. The van der Waals surface area contributed by atoms with Crippen molar-refractivity contribution in [3.63, 3.8) is 0 Å². The third kappa shape index (κ3) is 7.40. The van der Waals surface area contributed by atoms with Gasteiger partial charge in [0, 0.05) is 19.0 Å². The molecular formula is C8H12Cl4N2O2S2. The Bertz CT molecular complexity index is 334. The molecule has 0 rings (SSSR count).